The highest BCUT2D eigenvalue weighted by Gasteiger charge is 2.28. The molecule has 0 unspecified atom stereocenters. The van der Waals surface area contributed by atoms with Gasteiger partial charge in [0.05, 0.1) is 5.75 Å². The van der Waals surface area contributed by atoms with Crippen LogP contribution < -0.4 is 10.9 Å². The van der Waals surface area contributed by atoms with Gasteiger partial charge in [-0.05, 0) is 31.4 Å². The Hall–Kier alpha value is -1.67. The zero-order valence-corrected chi connectivity index (χ0v) is 13.4. The number of nitrogens with one attached hydrogen (secondary N) is 2. The van der Waals surface area contributed by atoms with E-state index in [-0.39, 0.29) is 17.4 Å². The topological polar surface area (TPSA) is 99.3 Å². The van der Waals surface area contributed by atoms with E-state index in [0.29, 0.717) is 32.4 Å². The molecule has 1 fully saturated rings. The lowest BCUT2D eigenvalue weighted by molar-refractivity contribution is 0.0922. The van der Waals surface area contributed by atoms with Crippen LogP contribution in [-0.2, 0) is 10.0 Å². The van der Waals surface area contributed by atoms with Gasteiger partial charge in [0, 0.05) is 25.3 Å². The fraction of sp³-hybridized carbons (Fsp3) is 0.571. The summed E-state index contributed by atoms with van der Waals surface area (Å²) in [5.41, 5.74) is -0.355. The number of carbonyl (C=O) groups is 1. The first-order valence-electron chi connectivity index (χ1n) is 7.40. The quantitative estimate of drug-likeness (QED) is 0.813. The second kappa shape index (κ2) is 7.06. The lowest BCUT2D eigenvalue weighted by Gasteiger charge is -2.31. The molecule has 7 nitrogen and oxygen atoms in total. The third-order valence-electron chi connectivity index (χ3n) is 3.71. The largest absolute Gasteiger partial charge is 0.349 e. The Labute approximate surface area is 129 Å². The molecule has 1 aromatic heterocycles. The van der Waals surface area contributed by atoms with Crippen molar-refractivity contribution in [2.75, 3.05) is 18.8 Å². The maximum Gasteiger partial charge on any atom is 0.260 e. The van der Waals surface area contributed by atoms with E-state index in [1.54, 1.807) is 6.07 Å². The fourth-order valence-corrected chi connectivity index (χ4v) is 4.07. The molecule has 0 saturated carbocycles. The minimum atomic E-state index is -3.18. The Bertz CT molecular complexity index is 675. The van der Waals surface area contributed by atoms with Crippen molar-refractivity contribution in [1.82, 2.24) is 14.6 Å². The molecule has 2 rings (SSSR count). The second-order valence-corrected chi connectivity index (χ2v) is 7.46. The van der Waals surface area contributed by atoms with Crippen LogP contribution in [0.15, 0.2) is 23.1 Å². The predicted molar refractivity (Wildman–Crippen MR) is 83.2 cm³/mol. The Morgan fingerprint density at radius 2 is 2.09 bits per heavy atom. The van der Waals surface area contributed by atoms with Crippen LogP contribution in [0.5, 0.6) is 0 Å². The molecule has 122 valence electrons. The van der Waals surface area contributed by atoms with Gasteiger partial charge in [0.2, 0.25) is 10.0 Å². The highest BCUT2D eigenvalue weighted by molar-refractivity contribution is 7.89. The number of aromatic amines is 1. The molecule has 0 spiro atoms. The van der Waals surface area contributed by atoms with E-state index in [2.05, 4.69) is 10.3 Å². The van der Waals surface area contributed by atoms with Crippen molar-refractivity contribution in [3.63, 3.8) is 0 Å². The number of hydrogen-bond donors (Lipinski definition) is 2. The maximum atomic E-state index is 12.1. The molecule has 0 aliphatic carbocycles. The van der Waals surface area contributed by atoms with E-state index in [0.717, 1.165) is 0 Å². The zero-order chi connectivity index (χ0) is 16.2. The zero-order valence-electron chi connectivity index (χ0n) is 12.5. The predicted octanol–water partition coefficient (Wildman–Crippen LogP) is 0.309. The fourth-order valence-electron chi connectivity index (χ4n) is 2.53. The summed E-state index contributed by atoms with van der Waals surface area (Å²) in [5.74, 6) is -0.264. The van der Waals surface area contributed by atoms with Crippen LogP contribution >= 0.6 is 0 Å². The molecule has 1 amide bonds. The van der Waals surface area contributed by atoms with E-state index in [9.17, 15) is 18.0 Å². The second-order valence-electron chi connectivity index (χ2n) is 5.38. The van der Waals surface area contributed by atoms with Crippen LogP contribution in [0.2, 0.25) is 0 Å². The molecule has 22 heavy (non-hydrogen) atoms. The number of aromatic nitrogens is 1. The molecular weight excluding hydrogens is 306 g/mol. The molecule has 1 aliphatic heterocycles. The molecule has 1 aliphatic rings. The summed E-state index contributed by atoms with van der Waals surface area (Å²) in [7, 11) is -3.18. The van der Waals surface area contributed by atoms with Gasteiger partial charge in [-0.15, -0.1) is 0 Å². The van der Waals surface area contributed by atoms with Crippen LogP contribution in [-0.4, -0.2) is 48.5 Å². The standard InChI is InChI=1S/C14H21N3O4S/c1-2-10-22(20,21)17-8-5-11(6-9-17)16-14(19)12-4-3-7-15-13(12)18/h3-4,7,11H,2,5-6,8-10H2,1H3,(H,15,18)(H,16,19). The first kappa shape index (κ1) is 16.7. The summed E-state index contributed by atoms with van der Waals surface area (Å²) in [6.07, 6.45) is 3.17. The van der Waals surface area contributed by atoms with E-state index >= 15 is 0 Å². The van der Waals surface area contributed by atoms with Gasteiger partial charge in [0.25, 0.3) is 11.5 Å². The van der Waals surface area contributed by atoms with Gasteiger partial charge in [0.15, 0.2) is 0 Å². The molecular formula is C14H21N3O4S. The molecule has 0 atom stereocenters. The minimum absolute atomic E-state index is 0.0727. The molecule has 2 N–H and O–H groups in total. The number of sulfonamides is 1. The van der Waals surface area contributed by atoms with Crippen molar-refractivity contribution >= 4 is 15.9 Å². The maximum absolute atomic E-state index is 12.1. The smallest absolute Gasteiger partial charge is 0.260 e. The highest BCUT2D eigenvalue weighted by atomic mass is 32.2. The number of H-pyrrole nitrogens is 1. The first-order valence-corrected chi connectivity index (χ1v) is 9.01. The molecule has 1 aromatic rings. The highest BCUT2D eigenvalue weighted by Crippen LogP contribution is 2.15. The number of amides is 1. The summed E-state index contributed by atoms with van der Waals surface area (Å²) in [6.45, 7) is 2.64. The monoisotopic (exact) mass is 327 g/mol. The Morgan fingerprint density at radius 3 is 2.68 bits per heavy atom. The van der Waals surface area contributed by atoms with E-state index in [1.165, 1.54) is 16.6 Å². The van der Waals surface area contributed by atoms with Crippen LogP contribution in [0.4, 0.5) is 0 Å². The van der Waals surface area contributed by atoms with Crippen LogP contribution in [0.3, 0.4) is 0 Å². The van der Waals surface area contributed by atoms with Crippen molar-refractivity contribution in [1.29, 1.82) is 0 Å². The van der Waals surface area contributed by atoms with Crippen molar-refractivity contribution in [3.8, 4) is 0 Å². The van der Waals surface area contributed by atoms with Gasteiger partial charge in [-0.2, -0.15) is 0 Å². The summed E-state index contributed by atoms with van der Waals surface area (Å²) in [4.78, 5) is 26.1. The number of nitrogens with zero attached hydrogens (tertiary/aromatic N) is 1. The van der Waals surface area contributed by atoms with E-state index < -0.39 is 21.5 Å². The number of hydrogen-bond acceptors (Lipinski definition) is 4. The lowest BCUT2D eigenvalue weighted by atomic mass is 10.1. The Kier molecular flexibility index (Phi) is 5.36. The summed E-state index contributed by atoms with van der Waals surface area (Å²) in [5, 5.41) is 2.80. The first-order chi connectivity index (χ1) is 10.4. The molecule has 0 bridgehead atoms. The minimum Gasteiger partial charge on any atom is -0.349 e. The van der Waals surface area contributed by atoms with Crippen LogP contribution in [0, 0.1) is 0 Å². The number of piperidine rings is 1. The van der Waals surface area contributed by atoms with Gasteiger partial charge < -0.3 is 10.3 Å². The number of carbonyl (C=O) groups excluding carboxylic acids is 1. The third kappa shape index (κ3) is 3.95. The van der Waals surface area contributed by atoms with Gasteiger partial charge >= 0.3 is 0 Å². The lowest BCUT2D eigenvalue weighted by Crippen LogP contribution is -2.47. The third-order valence-corrected chi connectivity index (χ3v) is 5.78. The molecule has 8 heteroatoms. The van der Waals surface area contributed by atoms with Gasteiger partial charge in [-0.25, -0.2) is 12.7 Å². The number of rotatable bonds is 5. The number of pyridine rings is 1. The van der Waals surface area contributed by atoms with Crippen molar-refractivity contribution in [2.45, 2.75) is 32.2 Å². The average molecular weight is 327 g/mol. The van der Waals surface area contributed by atoms with Crippen molar-refractivity contribution in [2.24, 2.45) is 0 Å². The van der Waals surface area contributed by atoms with Gasteiger partial charge in [0.1, 0.15) is 5.56 Å². The van der Waals surface area contributed by atoms with Crippen LogP contribution in [0.1, 0.15) is 36.5 Å². The van der Waals surface area contributed by atoms with E-state index in [4.69, 9.17) is 0 Å². The van der Waals surface area contributed by atoms with Gasteiger partial charge in [-0.3, -0.25) is 9.59 Å². The van der Waals surface area contributed by atoms with Crippen molar-refractivity contribution in [3.05, 3.63) is 34.2 Å². The molecule has 1 saturated heterocycles. The summed E-state index contributed by atoms with van der Waals surface area (Å²) < 4.78 is 25.4. The Morgan fingerprint density at radius 1 is 1.41 bits per heavy atom. The summed E-state index contributed by atoms with van der Waals surface area (Å²) in [6, 6.07) is 2.95. The molecule has 2 heterocycles. The normalized spacial score (nSPS) is 17.3. The molecule has 0 aromatic carbocycles. The van der Waals surface area contributed by atoms with Gasteiger partial charge in [-0.1, -0.05) is 6.92 Å². The van der Waals surface area contributed by atoms with Crippen LogP contribution in [0.25, 0.3) is 0 Å². The van der Waals surface area contributed by atoms with Crippen molar-refractivity contribution < 1.29 is 13.2 Å². The Balaban J connectivity index is 1.92. The van der Waals surface area contributed by atoms with E-state index in [1.807, 2.05) is 6.92 Å². The molecule has 0 radical (unpaired) electrons. The summed E-state index contributed by atoms with van der Waals surface area (Å²) >= 11 is 0. The SMILES string of the molecule is CCCS(=O)(=O)N1CCC(NC(=O)c2ccc[nH]c2=O)CC1. The average Bonchev–Trinajstić information content (AvgIpc) is 2.48.